The fourth-order valence-electron chi connectivity index (χ4n) is 4.25. The van der Waals surface area contributed by atoms with Gasteiger partial charge in [-0.15, -0.1) is 0 Å². The Morgan fingerprint density at radius 2 is 2.10 bits per heavy atom. The lowest BCUT2D eigenvalue weighted by Gasteiger charge is -2.33. The molecule has 0 radical (unpaired) electrons. The number of fused-ring (bicyclic) bond motifs is 1. The lowest BCUT2D eigenvalue weighted by molar-refractivity contribution is -0.143. The largest absolute Gasteiger partial charge is 0.492 e. The Hall–Kier alpha value is -2.25. The molecule has 3 heterocycles. The van der Waals surface area contributed by atoms with E-state index in [-0.39, 0.29) is 5.92 Å². The van der Waals surface area contributed by atoms with Crippen molar-refractivity contribution in [3.8, 4) is 11.5 Å². The lowest BCUT2D eigenvalue weighted by Crippen LogP contribution is -2.40. The van der Waals surface area contributed by atoms with Gasteiger partial charge in [0.2, 0.25) is 0 Å². The van der Waals surface area contributed by atoms with E-state index < -0.39 is 5.97 Å². The first-order valence-corrected chi connectivity index (χ1v) is 10.5. The average Bonchev–Trinajstić information content (AvgIpc) is 2.76. The molecule has 0 amide bonds. The molecule has 0 spiro atoms. The minimum absolute atomic E-state index is 0.256. The summed E-state index contributed by atoms with van der Waals surface area (Å²) < 4.78 is 17.8. The fourth-order valence-corrected chi connectivity index (χ4v) is 4.25. The third-order valence-corrected chi connectivity index (χ3v) is 5.98. The van der Waals surface area contributed by atoms with Crippen LogP contribution in [0.5, 0.6) is 11.5 Å². The van der Waals surface area contributed by atoms with Gasteiger partial charge in [-0.1, -0.05) is 6.07 Å². The highest BCUT2D eigenvalue weighted by molar-refractivity contribution is 5.70. The second-order valence-corrected chi connectivity index (χ2v) is 7.95. The summed E-state index contributed by atoms with van der Waals surface area (Å²) in [6.45, 7) is 8.03. The zero-order valence-corrected chi connectivity index (χ0v) is 17.1. The van der Waals surface area contributed by atoms with E-state index in [2.05, 4.69) is 21.9 Å². The van der Waals surface area contributed by atoms with Crippen LogP contribution >= 0.6 is 0 Å². The van der Waals surface area contributed by atoms with Gasteiger partial charge in [0.15, 0.2) is 5.88 Å². The lowest BCUT2D eigenvalue weighted by atomic mass is 9.98. The van der Waals surface area contributed by atoms with E-state index >= 15 is 0 Å². The van der Waals surface area contributed by atoms with Crippen molar-refractivity contribution in [2.75, 3.05) is 52.5 Å². The maximum atomic E-state index is 11.2. The molecular formula is C22H30N2O5. The first kappa shape index (κ1) is 20.0. The third-order valence-electron chi connectivity index (χ3n) is 5.98. The van der Waals surface area contributed by atoms with E-state index in [1.54, 1.807) is 0 Å². The van der Waals surface area contributed by atoms with Gasteiger partial charge in [0.05, 0.1) is 19.1 Å². The number of carboxylic acid groups (broad SMARTS) is 1. The number of benzene rings is 1. The molecule has 1 aromatic carbocycles. The Bertz CT molecular complexity index is 773. The normalized spacial score (nSPS) is 22.4. The summed E-state index contributed by atoms with van der Waals surface area (Å²) in [7, 11) is 0. The first-order valence-electron chi connectivity index (χ1n) is 10.5. The molecule has 2 saturated heterocycles. The Morgan fingerprint density at radius 1 is 1.28 bits per heavy atom. The molecule has 1 unspecified atom stereocenters. The van der Waals surface area contributed by atoms with Gasteiger partial charge < -0.3 is 24.2 Å². The van der Waals surface area contributed by atoms with Gasteiger partial charge in [0.1, 0.15) is 18.1 Å². The molecule has 1 aromatic rings. The second kappa shape index (κ2) is 9.05. The van der Waals surface area contributed by atoms with Gasteiger partial charge in [-0.05, 0) is 50.4 Å². The molecule has 3 aliphatic rings. The molecule has 0 aliphatic carbocycles. The van der Waals surface area contributed by atoms with Crippen molar-refractivity contribution >= 4 is 5.97 Å². The van der Waals surface area contributed by atoms with Crippen molar-refractivity contribution in [1.82, 2.24) is 9.80 Å². The molecule has 0 saturated carbocycles. The number of ether oxygens (including phenoxy) is 3. The summed E-state index contributed by atoms with van der Waals surface area (Å²) in [5, 5.41) is 9.24. The van der Waals surface area contributed by atoms with E-state index in [1.807, 2.05) is 13.0 Å². The molecule has 7 nitrogen and oxygen atoms in total. The molecule has 0 bridgehead atoms. The Labute approximate surface area is 171 Å². The average molecular weight is 402 g/mol. The first-order chi connectivity index (χ1) is 14.1. The molecule has 3 aliphatic heterocycles. The van der Waals surface area contributed by atoms with Crippen molar-refractivity contribution in [3.05, 3.63) is 35.2 Å². The van der Waals surface area contributed by atoms with Gasteiger partial charge in [0.25, 0.3) is 0 Å². The van der Waals surface area contributed by atoms with Crippen LogP contribution in [0, 0.1) is 12.8 Å². The summed E-state index contributed by atoms with van der Waals surface area (Å²) in [6.07, 6.45) is 4.70. The molecule has 1 N–H and O–H groups in total. The topological polar surface area (TPSA) is 71.5 Å². The molecule has 4 rings (SSSR count). The Kier molecular flexibility index (Phi) is 6.25. The number of likely N-dealkylation sites (tertiary alicyclic amines) is 1. The predicted octanol–water partition coefficient (Wildman–Crippen LogP) is 2.28. The molecular weight excluding hydrogens is 372 g/mol. The van der Waals surface area contributed by atoms with Crippen LogP contribution < -0.4 is 9.47 Å². The Balaban J connectivity index is 1.35. The molecule has 0 aromatic heterocycles. The maximum Gasteiger partial charge on any atom is 0.307 e. The van der Waals surface area contributed by atoms with Crippen LogP contribution in [0.1, 0.15) is 24.0 Å². The van der Waals surface area contributed by atoms with Gasteiger partial charge in [-0.25, -0.2) is 0 Å². The number of hydrogen-bond acceptors (Lipinski definition) is 6. The molecule has 1 atom stereocenters. The number of carboxylic acids is 1. The summed E-state index contributed by atoms with van der Waals surface area (Å²) in [5.41, 5.74) is 2.19. The minimum atomic E-state index is -0.692. The number of aliphatic carboxylic acids is 1. The summed E-state index contributed by atoms with van der Waals surface area (Å²) in [6, 6.07) is 4.09. The van der Waals surface area contributed by atoms with E-state index in [4.69, 9.17) is 14.2 Å². The number of piperidine rings is 1. The molecule has 2 fully saturated rings. The van der Waals surface area contributed by atoms with Crippen molar-refractivity contribution < 1.29 is 24.1 Å². The fraction of sp³-hybridized carbons (Fsp3) is 0.591. The van der Waals surface area contributed by atoms with E-state index in [0.717, 1.165) is 81.6 Å². The number of hydrogen-bond donors (Lipinski definition) is 1. The van der Waals surface area contributed by atoms with Gasteiger partial charge >= 0.3 is 5.97 Å². The molecule has 29 heavy (non-hydrogen) atoms. The van der Waals surface area contributed by atoms with Crippen LogP contribution in [0.25, 0.3) is 0 Å². The number of nitrogens with zero attached hydrogens (tertiary/aromatic N) is 2. The van der Waals surface area contributed by atoms with Crippen molar-refractivity contribution in [3.63, 3.8) is 0 Å². The highest BCUT2D eigenvalue weighted by atomic mass is 16.5. The summed E-state index contributed by atoms with van der Waals surface area (Å²) >= 11 is 0. The number of carbonyl (C=O) groups is 1. The van der Waals surface area contributed by atoms with Crippen LogP contribution in [0.15, 0.2) is 24.1 Å². The number of rotatable bonds is 6. The predicted molar refractivity (Wildman–Crippen MR) is 108 cm³/mol. The summed E-state index contributed by atoms with van der Waals surface area (Å²) in [5.74, 6) is 1.69. The quantitative estimate of drug-likeness (QED) is 0.783. The SMILES string of the molecule is Cc1c(OCCN2CCCC(C(=O)O)C2)ccc2c1OC(N1CCOCC1)=CC2. The van der Waals surface area contributed by atoms with Gasteiger partial charge in [-0.2, -0.15) is 0 Å². The van der Waals surface area contributed by atoms with Crippen molar-refractivity contribution in [1.29, 1.82) is 0 Å². The van der Waals surface area contributed by atoms with Crippen molar-refractivity contribution in [2.24, 2.45) is 5.92 Å². The minimum Gasteiger partial charge on any atom is -0.492 e. The second-order valence-electron chi connectivity index (χ2n) is 7.95. The smallest absolute Gasteiger partial charge is 0.307 e. The summed E-state index contributed by atoms with van der Waals surface area (Å²) in [4.78, 5) is 15.6. The van der Waals surface area contributed by atoms with Crippen LogP contribution in [0.3, 0.4) is 0 Å². The standard InChI is InChI=1S/C22H30N2O5/c1-16-19(28-14-9-23-8-2-3-18(15-23)22(25)26)6-4-17-5-7-20(29-21(16)17)24-10-12-27-13-11-24/h4,6-7,18H,2-3,5,8-15H2,1H3,(H,25,26). The van der Waals surface area contributed by atoms with Crippen LogP contribution in [0.4, 0.5) is 0 Å². The van der Waals surface area contributed by atoms with Crippen LogP contribution in [-0.4, -0.2) is 73.4 Å². The van der Waals surface area contributed by atoms with Crippen LogP contribution in [-0.2, 0) is 16.0 Å². The van der Waals surface area contributed by atoms with Crippen LogP contribution in [0.2, 0.25) is 0 Å². The Morgan fingerprint density at radius 3 is 2.90 bits per heavy atom. The monoisotopic (exact) mass is 402 g/mol. The highest BCUT2D eigenvalue weighted by Crippen LogP contribution is 2.36. The number of morpholine rings is 1. The zero-order valence-electron chi connectivity index (χ0n) is 17.1. The number of allylic oxidation sites excluding steroid dienone is 1. The zero-order chi connectivity index (χ0) is 20.2. The van der Waals surface area contributed by atoms with Gasteiger partial charge in [0, 0.05) is 31.7 Å². The highest BCUT2D eigenvalue weighted by Gasteiger charge is 2.26. The van der Waals surface area contributed by atoms with E-state index in [0.29, 0.717) is 13.2 Å². The van der Waals surface area contributed by atoms with E-state index in [9.17, 15) is 9.90 Å². The third kappa shape index (κ3) is 4.67. The van der Waals surface area contributed by atoms with Gasteiger partial charge in [-0.3, -0.25) is 9.69 Å². The molecule has 7 heteroatoms. The van der Waals surface area contributed by atoms with E-state index in [1.165, 1.54) is 5.56 Å². The molecule has 158 valence electrons. The maximum absolute atomic E-state index is 11.2. The van der Waals surface area contributed by atoms with Crippen molar-refractivity contribution in [2.45, 2.75) is 26.2 Å².